The minimum atomic E-state index is -0.193. The molecule has 28 heavy (non-hydrogen) atoms. The normalized spacial score (nSPS) is 16.1. The summed E-state index contributed by atoms with van der Waals surface area (Å²) in [5.41, 5.74) is 2.37. The van der Waals surface area contributed by atoms with Crippen LogP contribution < -0.4 is 5.32 Å². The number of ether oxygens (including phenoxy) is 1. The van der Waals surface area contributed by atoms with Gasteiger partial charge < -0.3 is 19.4 Å². The Morgan fingerprint density at radius 2 is 2.25 bits per heavy atom. The maximum atomic E-state index is 13.0. The van der Waals surface area contributed by atoms with Crippen molar-refractivity contribution in [3.05, 3.63) is 60.7 Å². The zero-order chi connectivity index (χ0) is 19.2. The van der Waals surface area contributed by atoms with Gasteiger partial charge in [-0.1, -0.05) is 12.1 Å². The molecule has 144 valence electrons. The maximum absolute atomic E-state index is 13.0. The molecule has 0 spiro atoms. The van der Waals surface area contributed by atoms with Gasteiger partial charge in [-0.15, -0.1) is 10.2 Å². The molecular formula is C20H21N5O3. The number of urea groups is 1. The van der Waals surface area contributed by atoms with Gasteiger partial charge >= 0.3 is 6.03 Å². The predicted molar refractivity (Wildman–Crippen MR) is 102 cm³/mol. The van der Waals surface area contributed by atoms with E-state index in [0.717, 1.165) is 30.6 Å². The lowest BCUT2D eigenvalue weighted by atomic mass is 10.2. The molecular weight excluding hydrogens is 358 g/mol. The van der Waals surface area contributed by atoms with E-state index in [1.54, 1.807) is 23.4 Å². The summed E-state index contributed by atoms with van der Waals surface area (Å²) in [6.07, 6.45) is 6.82. The SMILES string of the molecule is O=C(Nc1cccc(-c2nnco2)c1)N(Cc1cccnc1)C[C@H]1CCCO1. The molecule has 1 fully saturated rings. The summed E-state index contributed by atoms with van der Waals surface area (Å²) >= 11 is 0. The summed E-state index contributed by atoms with van der Waals surface area (Å²) in [5.74, 6) is 0.405. The summed E-state index contributed by atoms with van der Waals surface area (Å²) in [4.78, 5) is 18.9. The number of nitrogens with one attached hydrogen (secondary N) is 1. The lowest BCUT2D eigenvalue weighted by Gasteiger charge is -2.26. The number of carbonyl (C=O) groups is 1. The van der Waals surface area contributed by atoms with Gasteiger partial charge in [0.25, 0.3) is 0 Å². The number of hydrogen-bond acceptors (Lipinski definition) is 6. The van der Waals surface area contributed by atoms with Crippen molar-refractivity contribution < 1.29 is 13.9 Å². The molecule has 1 atom stereocenters. The molecule has 1 aliphatic heterocycles. The fourth-order valence-corrected chi connectivity index (χ4v) is 3.20. The van der Waals surface area contributed by atoms with Crippen LogP contribution in [-0.2, 0) is 11.3 Å². The molecule has 0 aliphatic carbocycles. The van der Waals surface area contributed by atoms with Crippen molar-refractivity contribution in [1.82, 2.24) is 20.1 Å². The smallest absolute Gasteiger partial charge is 0.322 e. The molecule has 4 rings (SSSR count). The van der Waals surface area contributed by atoms with E-state index in [9.17, 15) is 4.79 Å². The van der Waals surface area contributed by atoms with E-state index in [4.69, 9.17) is 9.15 Å². The van der Waals surface area contributed by atoms with E-state index in [1.165, 1.54) is 6.39 Å². The first-order valence-corrected chi connectivity index (χ1v) is 9.21. The van der Waals surface area contributed by atoms with Crippen molar-refractivity contribution in [2.75, 3.05) is 18.5 Å². The zero-order valence-electron chi connectivity index (χ0n) is 15.3. The molecule has 2 amide bonds. The fraction of sp³-hybridized carbons (Fsp3) is 0.300. The van der Waals surface area contributed by atoms with Crippen molar-refractivity contribution in [3.8, 4) is 11.5 Å². The van der Waals surface area contributed by atoms with Crippen LogP contribution in [-0.4, -0.2) is 45.4 Å². The number of anilines is 1. The number of aromatic nitrogens is 3. The Bertz CT molecular complexity index is 895. The number of hydrogen-bond donors (Lipinski definition) is 1. The fourth-order valence-electron chi connectivity index (χ4n) is 3.20. The number of pyridine rings is 1. The van der Waals surface area contributed by atoms with Gasteiger partial charge in [0, 0.05) is 43.3 Å². The zero-order valence-corrected chi connectivity index (χ0v) is 15.3. The Kier molecular flexibility index (Phi) is 5.58. The summed E-state index contributed by atoms with van der Waals surface area (Å²) in [7, 11) is 0. The molecule has 0 bridgehead atoms. The number of rotatable bonds is 6. The van der Waals surface area contributed by atoms with Gasteiger partial charge in [0.1, 0.15) is 0 Å². The van der Waals surface area contributed by atoms with E-state index < -0.39 is 0 Å². The maximum Gasteiger partial charge on any atom is 0.322 e. The summed E-state index contributed by atoms with van der Waals surface area (Å²) in [5, 5.41) is 10.6. The first-order chi connectivity index (χ1) is 13.8. The first kappa shape index (κ1) is 18.1. The average Bonchev–Trinajstić information content (AvgIpc) is 3.43. The van der Waals surface area contributed by atoms with Crippen LogP contribution >= 0.6 is 0 Å². The van der Waals surface area contributed by atoms with E-state index in [2.05, 4.69) is 20.5 Å². The van der Waals surface area contributed by atoms with Gasteiger partial charge in [0.2, 0.25) is 12.3 Å². The molecule has 1 saturated heterocycles. The monoisotopic (exact) mass is 379 g/mol. The highest BCUT2D eigenvalue weighted by Gasteiger charge is 2.23. The average molecular weight is 379 g/mol. The number of amides is 2. The van der Waals surface area contributed by atoms with Crippen LogP contribution in [0.25, 0.3) is 11.5 Å². The van der Waals surface area contributed by atoms with Crippen LogP contribution in [0.2, 0.25) is 0 Å². The van der Waals surface area contributed by atoms with E-state index in [0.29, 0.717) is 24.7 Å². The molecule has 1 aromatic carbocycles. The Hall–Kier alpha value is -3.26. The molecule has 0 unspecified atom stereocenters. The highest BCUT2D eigenvalue weighted by atomic mass is 16.5. The standard InChI is InChI=1S/C20H21N5O3/c26-20(23-17-6-1-5-16(10-17)19-24-22-14-28-19)25(13-18-7-3-9-27-18)12-15-4-2-8-21-11-15/h1-2,4-6,8,10-11,14,18H,3,7,9,12-13H2,(H,23,26)/t18-/m1/s1. The number of benzene rings is 1. The van der Waals surface area contributed by atoms with Gasteiger partial charge in [-0.3, -0.25) is 4.98 Å². The van der Waals surface area contributed by atoms with Crippen molar-refractivity contribution in [3.63, 3.8) is 0 Å². The highest BCUT2D eigenvalue weighted by molar-refractivity contribution is 5.90. The Balaban J connectivity index is 1.49. The quantitative estimate of drug-likeness (QED) is 0.706. The molecule has 0 saturated carbocycles. The molecule has 1 N–H and O–H groups in total. The molecule has 8 nitrogen and oxygen atoms in total. The third-order valence-electron chi connectivity index (χ3n) is 4.55. The third kappa shape index (κ3) is 4.52. The minimum absolute atomic E-state index is 0.0622. The molecule has 8 heteroatoms. The second-order valence-electron chi connectivity index (χ2n) is 6.63. The Morgan fingerprint density at radius 1 is 1.29 bits per heavy atom. The second-order valence-corrected chi connectivity index (χ2v) is 6.63. The highest BCUT2D eigenvalue weighted by Crippen LogP contribution is 2.21. The van der Waals surface area contributed by atoms with Gasteiger partial charge in [-0.05, 0) is 42.7 Å². The van der Waals surface area contributed by atoms with Crippen LogP contribution in [0.5, 0.6) is 0 Å². The summed E-state index contributed by atoms with van der Waals surface area (Å²) in [6.45, 7) is 1.74. The Labute approximate surface area is 162 Å². The lowest BCUT2D eigenvalue weighted by molar-refractivity contribution is 0.0819. The molecule has 0 radical (unpaired) electrons. The first-order valence-electron chi connectivity index (χ1n) is 9.21. The van der Waals surface area contributed by atoms with Crippen molar-refractivity contribution in [1.29, 1.82) is 0 Å². The summed E-state index contributed by atoms with van der Waals surface area (Å²) in [6, 6.07) is 10.9. The van der Waals surface area contributed by atoms with Gasteiger partial charge in [0.05, 0.1) is 6.10 Å². The van der Waals surface area contributed by atoms with Crippen molar-refractivity contribution in [2.45, 2.75) is 25.5 Å². The van der Waals surface area contributed by atoms with Crippen LogP contribution in [0.15, 0.2) is 59.6 Å². The topological polar surface area (TPSA) is 93.4 Å². The molecule has 3 aromatic rings. The number of carbonyl (C=O) groups excluding carboxylic acids is 1. The van der Waals surface area contributed by atoms with Crippen molar-refractivity contribution >= 4 is 11.7 Å². The van der Waals surface area contributed by atoms with Crippen LogP contribution in [0.3, 0.4) is 0 Å². The molecule has 2 aromatic heterocycles. The van der Waals surface area contributed by atoms with Gasteiger partial charge in [-0.25, -0.2) is 4.79 Å². The Morgan fingerprint density at radius 3 is 3.00 bits per heavy atom. The summed E-state index contributed by atoms with van der Waals surface area (Å²) < 4.78 is 11.0. The molecule has 1 aliphatic rings. The number of nitrogens with zero attached hydrogens (tertiary/aromatic N) is 4. The lowest BCUT2D eigenvalue weighted by Crippen LogP contribution is -2.39. The van der Waals surface area contributed by atoms with Crippen LogP contribution in [0, 0.1) is 0 Å². The van der Waals surface area contributed by atoms with Gasteiger partial charge in [0.15, 0.2) is 0 Å². The van der Waals surface area contributed by atoms with Crippen LogP contribution in [0.1, 0.15) is 18.4 Å². The molecule has 3 heterocycles. The minimum Gasteiger partial charge on any atom is -0.423 e. The third-order valence-corrected chi connectivity index (χ3v) is 4.55. The second kappa shape index (κ2) is 8.62. The van der Waals surface area contributed by atoms with Crippen LogP contribution in [0.4, 0.5) is 10.5 Å². The van der Waals surface area contributed by atoms with E-state index >= 15 is 0 Å². The van der Waals surface area contributed by atoms with Gasteiger partial charge in [-0.2, -0.15) is 0 Å². The van der Waals surface area contributed by atoms with E-state index in [-0.39, 0.29) is 12.1 Å². The predicted octanol–water partition coefficient (Wildman–Crippen LogP) is 3.34. The van der Waals surface area contributed by atoms with E-state index in [1.807, 2.05) is 30.3 Å². The largest absolute Gasteiger partial charge is 0.423 e. The van der Waals surface area contributed by atoms with Crippen molar-refractivity contribution in [2.24, 2.45) is 0 Å².